The molecule has 104 valence electrons. The Kier molecular flexibility index (Phi) is 5.04. The van der Waals surface area contributed by atoms with Crippen LogP contribution in [0.3, 0.4) is 0 Å². The summed E-state index contributed by atoms with van der Waals surface area (Å²) in [5.41, 5.74) is 6.13. The van der Waals surface area contributed by atoms with Gasteiger partial charge >= 0.3 is 0 Å². The zero-order valence-corrected chi connectivity index (χ0v) is 11.7. The molecule has 2 aliphatic rings. The van der Waals surface area contributed by atoms with Crippen molar-refractivity contribution in [1.82, 2.24) is 4.90 Å². The van der Waals surface area contributed by atoms with E-state index in [-0.39, 0.29) is 12.0 Å². The highest BCUT2D eigenvalue weighted by Gasteiger charge is 2.32. The summed E-state index contributed by atoms with van der Waals surface area (Å²) in [5, 5.41) is 0. The molecular weight excluding hydrogens is 224 g/mol. The maximum Gasteiger partial charge on any atom is 0.227 e. The topological polar surface area (TPSA) is 46.3 Å². The number of carbonyl (C=O) groups excluding carboxylic acids is 1. The molecule has 3 nitrogen and oxygen atoms in total. The van der Waals surface area contributed by atoms with Gasteiger partial charge in [0, 0.05) is 19.1 Å². The van der Waals surface area contributed by atoms with Gasteiger partial charge in [0.25, 0.3) is 0 Å². The first-order chi connectivity index (χ1) is 8.70. The minimum absolute atomic E-state index is 0.0898. The standard InChI is InChI=1S/C15H28N2O/c1-17(12-8-4-2-3-5-9-12)15(18)13-10-6-7-11-14(13)16/h12-14H,2-11,16H2,1H3. The largest absolute Gasteiger partial charge is 0.342 e. The molecule has 0 aromatic heterocycles. The van der Waals surface area contributed by atoms with Crippen LogP contribution in [0.25, 0.3) is 0 Å². The monoisotopic (exact) mass is 252 g/mol. The lowest BCUT2D eigenvalue weighted by molar-refractivity contribution is -0.138. The molecule has 0 spiro atoms. The maximum absolute atomic E-state index is 12.6. The quantitative estimate of drug-likeness (QED) is 0.768. The normalized spacial score (nSPS) is 30.8. The van der Waals surface area contributed by atoms with E-state index in [1.165, 1.54) is 51.4 Å². The van der Waals surface area contributed by atoms with E-state index in [0.29, 0.717) is 11.9 Å². The number of carbonyl (C=O) groups is 1. The zero-order chi connectivity index (χ0) is 13.0. The summed E-state index contributed by atoms with van der Waals surface area (Å²) in [6.45, 7) is 0. The molecule has 2 saturated carbocycles. The van der Waals surface area contributed by atoms with Crippen LogP contribution in [0.2, 0.25) is 0 Å². The van der Waals surface area contributed by atoms with Crippen LogP contribution in [-0.2, 0) is 4.79 Å². The van der Waals surface area contributed by atoms with Crippen molar-refractivity contribution in [2.24, 2.45) is 11.7 Å². The van der Waals surface area contributed by atoms with Crippen molar-refractivity contribution in [3.05, 3.63) is 0 Å². The van der Waals surface area contributed by atoms with Crippen LogP contribution in [0.5, 0.6) is 0 Å². The van der Waals surface area contributed by atoms with Gasteiger partial charge in [-0.3, -0.25) is 4.79 Å². The molecule has 2 unspecified atom stereocenters. The second-order valence-electron chi connectivity index (χ2n) is 6.15. The van der Waals surface area contributed by atoms with E-state index < -0.39 is 0 Å². The molecule has 0 aromatic rings. The summed E-state index contributed by atoms with van der Waals surface area (Å²) in [6, 6.07) is 0.564. The molecule has 2 aliphatic carbocycles. The molecule has 2 N–H and O–H groups in total. The highest BCUT2D eigenvalue weighted by atomic mass is 16.2. The number of rotatable bonds is 2. The van der Waals surface area contributed by atoms with Crippen LogP contribution in [0.15, 0.2) is 0 Å². The van der Waals surface area contributed by atoms with Gasteiger partial charge in [0.2, 0.25) is 5.91 Å². The van der Waals surface area contributed by atoms with Gasteiger partial charge in [-0.2, -0.15) is 0 Å². The summed E-state index contributed by atoms with van der Waals surface area (Å²) < 4.78 is 0. The molecule has 2 atom stereocenters. The predicted octanol–water partition coefficient (Wildman–Crippen LogP) is 2.69. The van der Waals surface area contributed by atoms with Crippen LogP contribution < -0.4 is 5.73 Å². The van der Waals surface area contributed by atoms with Crippen molar-refractivity contribution in [3.63, 3.8) is 0 Å². The summed E-state index contributed by atoms with van der Waals surface area (Å²) in [7, 11) is 2.00. The molecule has 18 heavy (non-hydrogen) atoms. The van der Waals surface area contributed by atoms with Crippen molar-refractivity contribution in [2.75, 3.05) is 7.05 Å². The Labute approximate surface area is 111 Å². The van der Waals surface area contributed by atoms with Crippen molar-refractivity contribution in [3.8, 4) is 0 Å². The van der Waals surface area contributed by atoms with Crippen LogP contribution in [0.4, 0.5) is 0 Å². The molecule has 0 radical (unpaired) electrons. The number of nitrogens with zero attached hydrogens (tertiary/aromatic N) is 1. The van der Waals surface area contributed by atoms with Gasteiger partial charge in [-0.25, -0.2) is 0 Å². The molecule has 2 rings (SSSR count). The number of hydrogen-bond acceptors (Lipinski definition) is 2. The fraction of sp³-hybridized carbons (Fsp3) is 0.933. The third-order valence-corrected chi connectivity index (χ3v) is 4.86. The van der Waals surface area contributed by atoms with Crippen LogP contribution in [0.1, 0.15) is 64.2 Å². The van der Waals surface area contributed by atoms with Gasteiger partial charge in [0.1, 0.15) is 0 Å². The molecule has 0 saturated heterocycles. The molecule has 2 fully saturated rings. The summed E-state index contributed by atoms with van der Waals surface area (Å²) in [6.07, 6.45) is 12.0. The SMILES string of the molecule is CN(C(=O)C1CCCCC1N)C1CCCCCC1. The number of amides is 1. The Morgan fingerprint density at radius 1 is 0.944 bits per heavy atom. The predicted molar refractivity (Wildman–Crippen MR) is 74.2 cm³/mol. The van der Waals surface area contributed by atoms with Gasteiger partial charge in [0.05, 0.1) is 5.92 Å². The highest BCUT2D eigenvalue weighted by molar-refractivity contribution is 5.79. The van der Waals surface area contributed by atoms with E-state index in [9.17, 15) is 4.79 Å². The van der Waals surface area contributed by atoms with Crippen molar-refractivity contribution in [1.29, 1.82) is 0 Å². The van der Waals surface area contributed by atoms with E-state index >= 15 is 0 Å². The third kappa shape index (κ3) is 3.25. The molecule has 1 amide bonds. The average Bonchev–Trinajstić information content (AvgIpc) is 2.66. The number of nitrogens with two attached hydrogens (primary N) is 1. The summed E-state index contributed by atoms with van der Waals surface area (Å²) in [4.78, 5) is 14.6. The molecular formula is C15H28N2O. The second kappa shape index (κ2) is 6.55. The zero-order valence-electron chi connectivity index (χ0n) is 11.7. The van der Waals surface area contributed by atoms with Crippen molar-refractivity contribution < 1.29 is 4.79 Å². The minimum atomic E-state index is 0.0898. The fourth-order valence-corrected chi connectivity index (χ4v) is 3.55. The highest BCUT2D eigenvalue weighted by Crippen LogP contribution is 2.27. The Hall–Kier alpha value is -0.570. The molecule has 3 heteroatoms. The lowest BCUT2D eigenvalue weighted by Gasteiger charge is -2.35. The Bertz CT molecular complexity index is 272. The first-order valence-corrected chi connectivity index (χ1v) is 7.72. The molecule has 0 bridgehead atoms. The lowest BCUT2D eigenvalue weighted by atomic mass is 9.84. The average molecular weight is 252 g/mol. The smallest absolute Gasteiger partial charge is 0.227 e. The van der Waals surface area contributed by atoms with E-state index in [4.69, 9.17) is 5.73 Å². The van der Waals surface area contributed by atoms with Gasteiger partial charge in [-0.05, 0) is 25.7 Å². The maximum atomic E-state index is 12.6. The van der Waals surface area contributed by atoms with Crippen LogP contribution >= 0.6 is 0 Å². The van der Waals surface area contributed by atoms with Gasteiger partial charge in [0.15, 0.2) is 0 Å². The van der Waals surface area contributed by atoms with Gasteiger partial charge in [-0.15, -0.1) is 0 Å². The van der Waals surface area contributed by atoms with E-state index in [1.54, 1.807) is 0 Å². The van der Waals surface area contributed by atoms with E-state index in [2.05, 4.69) is 0 Å². The molecule has 0 aromatic carbocycles. The fourth-order valence-electron chi connectivity index (χ4n) is 3.55. The number of hydrogen-bond donors (Lipinski definition) is 1. The Morgan fingerprint density at radius 2 is 1.50 bits per heavy atom. The van der Waals surface area contributed by atoms with E-state index in [0.717, 1.165) is 12.8 Å². The molecule has 0 heterocycles. The van der Waals surface area contributed by atoms with Crippen molar-refractivity contribution in [2.45, 2.75) is 76.3 Å². The lowest BCUT2D eigenvalue weighted by Crippen LogP contribution is -2.47. The van der Waals surface area contributed by atoms with Crippen LogP contribution in [0, 0.1) is 5.92 Å². The summed E-state index contributed by atoms with van der Waals surface area (Å²) >= 11 is 0. The Balaban J connectivity index is 1.93. The first-order valence-electron chi connectivity index (χ1n) is 7.72. The molecule has 0 aliphatic heterocycles. The first kappa shape index (κ1) is 13.9. The van der Waals surface area contributed by atoms with Crippen LogP contribution in [-0.4, -0.2) is 29.9 Å². The minimum Gasteiger partial charge on any atom is -0.342 e. The van der Waals surface area contributed by atoms with Gasteiger partial charge < -0.3 is 10.6 Å². The van der Waals surface area contributed by atoms with Crippen molar-refractivity contribution >= 4 is 5.91 Å². The second-order valence-corrected chi connectivity index (χ2v) is 6.15. The van der Waals surface area contributed by atoms with Gasteiger partial charge in [-0.1, -0.05) is 38.5 Å². The Morgan fingerprint density at radius 3 is 2.11 bits per heavy atom. The summed E-state index contributed by atoms with van der Waals surface area (Å²) in [5.74, 6) is 0.404. The van der Waals surface area contributed by atoms with E-state index in [1.807, 2.05) is 11.9 Å². The third-order valence-electron chi connectivity index (χ3n) is 4.86.